The Bertz CT molecular complexity index is 558. The summed E-state index contributed by atoms with van der Waals surface area (Å²) in [5.74, 6) is -0.00546. The molecular weight excluding hydrogens is 310 g/mol. The van der Waals surface area contributed by atoms with Crippen molar-refractivity contribution in [2.24, 2.45) is 0 Å². The van der Waals surface area contributed by atoms with Gasteiger partial charge in [0, 0.05) is 6.54 Å². The Labute approximate surface area is 130 Å². The molecule has 118 valence electrons. The maximum absolute atomic E-state index is 12.0. The number of benzene rings is 1. The van der Waals surface area contributed by atoms with Crippen LogP contribution in [0.1, 0.15) is 36.0 Å². The Hall–Kier alpha value is -1.05. The molecule has 7 heteroatoms. The highest BCUT2D eigenvalue weighted by atomic mass is 32.2. The average molecular weight is 331 g/mol. The van der Waals surface area contributed by atoms with Gasteiger partial charge >= 0.3 is 5.97 Å². The molecule has 0 amide bonds. The molecule has 0 heterocycles. The average Bonchev–Trinajstić information content (AvgIpc) is 2.46. The van der Waals surface area contributed by atoms with E-state index in [1.807, 2.05) is 11.8 Å². The summed E-state index contributed by atoms with van der Waals surface area (Å²) in [6.45, 7) is 0.374. The van der Waals surface area contributed by atoms with E-state index in [-0.39, 0.29) is 10.5 Å². The van der Waals surface area contributed by atoms with Crippen molar-refractivity contribution < 1.29 is 18.3 Å². The predicted molar refractivity (Wildman–Crippen MR) is 85.4 cm³/mol. The first-order chi connectivity index (χ1) is 9.97. The topological polar surface area (TPSA) is 83.5 Å². The molecule has 1 aromatic carbocycles. The lowest BCUT2D eigenvalue weighted by molar-refractivity contribution is 0.0696. The van der Waals surface area contributed by atoms with Crippen LogP contribution in [0.4, 0.5) is 0 Å². The fourth-order valence-electron chi connectivity index (χ4n) is 1.81. The first-order valence-corrected chi connectivity index (χ1v) is 9.67. The molecule has 0 saturated heterocycles. The third-order valence-electron chi connectivity index (χ3n) is 2.96. The van der Waals surface area contributed by atoms with E-state index in [0.717, 1.165) is 31.4 Å². The van der Waals surface area contributed by atoms with E-state index in [1.165, 1.54) is 24.3 Å². The van der Waals surface area contributed by atoms with Gasteiger partial charge in [0.05, 0.1) is 10.5 Å². The predicted octanol–water partition coefficient (Wildman–Crippen LogP) is 2.59. The zero-order valence-electron chi connectivity index (χ0n) is 12.0. The van der Waals surface area contributed by atoms with Gasteiger partial charge in [-0.25, -0.2) is 17.9 Å². The van der Waals surface area contributed by atoms with Crippen LogP contribution in [0.5, 0.6) is 0 Å². The molecule has 0 bridgehead atoms. The van der Waals surface area contributed by atoms with E-state index < -0.39 is 16.0 Å². The Morgan fingerprint density at radius 3 is 2.62 bits per heavy atom. The molecular formula is C14H21NO4S2. The summed E-state index contributed by atoms with van der Waals surface area (Å²) in [5, 5.41) is 8.87. The van der Waals surface area contributed by atoms with Crippen LogP contribution in [-0.2, 0) is 10.0 Å². The van der Waals surface area contributed by atoms with Gasteiger partial charge in [0.25, 0.3) is 0 Å². The maximum atomic E-state index is 12.0. The Balaban J connectivity index is 2.46. The van der Waals surface area contributed by atoms with Gasteiger partial charge in [0.2, 0.25) is 10.0 Å². The number of nitrogens with one attached hydrogen (secondary N) is 1. The minimum Gasteiger partial charge on any atom is -0.478 e. The molecule has 0 radical (unpaired) electrons. The minimum absolute atomic E-state index is 0.00946. The molecule has 0 spiro atoms. The molecule has 0 saturated carbocycles. The van der Waals surface area contributed by atoms with Gasteiger partial charge in [-0.15, -0.1) is 0 Å². The SMILES string of the molecule is CSCCCCCCNS(=O)(=O)c1cccc(C(=O)O)c1. The van der Waals surface area contributed by atoms with Crippen LogP contribution in [0, 0.1) is 0 Å². The van der Waals surface area contributed by atoms with E-state index in [9.17, 15) is 13.2 Å². The van der Waals surface area contributed by atoms with Crippen molar-refractivity contribution in [1.82, 2.24) is 4.72 Å². The fourth-order valence-corrected chi connectivity index (χ4v) is 3.42. The van der Waals surface area contributed by atoms with Crippen molar-refractivity contribution in [2.45, 2.75) is 30.6 Å². The molecule has 0 fully saturated rings. The third kappa shape index (κ3) is 6.50. The smallest absolute Gasteiger partial charge is 0.335 e. The van der Waals surface area contributed by atoms with Gasteiger partial charge in [-0.05, 0) is 43.0 Å². The lowest BCUT2D eigenvalue weighted by Crippen LogP contribution is -2.25. The zero-order chi connectivity index (χ0) is 15.7. The molecule has 0 aliphatic rings. The molecule has 0 aliphatic carbocycles. The summed E-state index contributed by atoms with van der Waals surface area (Å²) in [6, 6.07) is 5.36. The van der Waals surface area contributed by atoms with E-state index >= 15 is 0 Å². The number of rotatable bonds is 10. The van der Waals surface area contributed by atoms with Crippen LogP contribution < -0.4 is 4.72 Å². The molecule has 5 nitrogen and oxygen atoms in total. The van der Waals surface area contributed by atoms with Crippen molar-refractivity contribution in [3.05, 3.63) is 29.8 Å². The summed E-state index contributed by atoms with van der Waals surface area (Å²) in [6.07, 6.45) is 6.08. The number of unbranched alkanes of at least 4 members (excludes halogenated alkanes) is 3. The van der Waals surface area contributed by atoms with Crippen LogP contribution in [0.3, 0.4) is 0 Å². The highest BCUT2D eigenvalue weighted by molar-refractivity contribution is 7.98. The van der Waals surface area contributed by atoms with E-state index in [4.69, 9.17) is 5.11 Å². The van der Waals surface area contributed by atoms with Gasteiger partial charge in [0.1, 0.15) is 0 Å². The largest absolute Gasteiger partial charge is 0.478 e. The van der Waals surface area contributed by atoms with Crippen LogP contribution in [0.25, 0.3) is 0 Å². The van der Waals surface area contributed by atoms with Crippen LogP contribution >= 0.6 is 11.8 Å². The number of carboxylic acid groups (broad SMARTS) is 1. The number of thioether (sulfide) groups is 1. The monoisotopic (exact) mass is 331 g/mol. The van der Waals surface area contributed by atoms with Crippen molar-refractivity contribution in [1.29, 1.82) is 0 Å². The summed E-state index contributed by atoms with van der Waals surface area (Å²) < 4.78 is 26.6. The molecule has 2 N–H and O–H groups in total. The Morgan fingerprint density at radius 2 is 1.95 bits per heavy atom. The molecule has 0 aromatic heterocycles. The van der Waals surface area contributed by atoms with E-state index in [1.54, 1.807) is 0 Å². The quantitative estimate of drug-likeness (QED) is 0.644. The number of hydrogen-bond donors (Lipinski definition) is 2. The maximum Gasteiger partial charge on any atom is 0.335 e. The highest BCUT2D eigenvalue weighted by Gasteiger charge is 2.15. The second kappa shape index (κ2) is 9.07. The van der Waals surface area contributed by atoms with Crippen LogP contribution in [0.15, 0.2) is 29.2 Å². The van der Waals surface area contributed by atoms with Gasteiger partial charge in [-0.3, -0.25) is 0 Å². The first-order valence-electron chi connectivity index (χ1n) is 6.79. The molecule has 0 unspecified atom stereocenters. The third-order valence-corrected chi connectivity index (χ3v) is 5.11. The van der Waals surface area contributed by atoms with Crippen molar-refractivity contribution in [3.8, 4) is 0 Å². The Morgan fingerprint density at radius 1 is 1.24 bits per heavy atom. The van der Waals surface area contributed by atoms with Gasteiger partial charge in [-0.2, -0.15) is 11.8 Å². The molecule has 21 heavy (non-hydrogen) atoms. The van der Waals surface area contributed by atoms with Crippen LogP contribution in [0.2, 0.25) is 0 Å². The van der Waals surface area contributed by atoms with Crippen molar-refractivity contribution in [2.75, 3.05) is 18.6 Å². The second-order valence-corrected chi connectivity index (χ2v) is 7.39. The number of sulfonamides is 1. The standard InChI is InChI=1S/C14H21NO4S2/c1-20-10-5-3-2-4-9-15-21(18,19)13-8-6-7-12(11-13)14(16)17/h6-8,11,15H,2-5,9-10H2,1H3,(H,16,17). The molecule has 0 atom stereocenters. The summed E-state index contributed by atoms with van der Waals surface area (Å²) >= 11 is 1.81. The highest BCUT2D eigenvalue weighted by Crippen LogP contribution is 2.12. The molecule has 1 aromatic rings. The zero-order valence-corrected chi connectivity index (χ0v) is 13.7. The van der Waals surface area contributed by atoms with Gasteiger partial charge in [0.15, 0.2) is 0 Å². The lowest BCUT2D eigenvalue weighted by Gasteiger charge is -2.07. The van der Waals surface area contributed by atoms with Crippen LogP contribution in [-0.4, -0.2) is 38.0 Å². The summed E-state index contributed by atoms with van der Waals surface area (Å²) in [4.78, 5) is 10.8. The van der Waals surface area contributed by atoms with Crippen molar-refractivity contribution >= 4 is 27.8 Å². The number of hydrogen-bond acceptors (Lipinski definition) is 4. The molecule has 1 rings (SSSR count). The van der Waals surface area contributed by atoms with Crippen molar-refractivity contribution in [3.63, 3.8) is 0 Å². The minimum atomic E-state index is -3.63. The van der Waals surface area contributed by atoms with Gasteiger partial charge < -0.3 is 5.11 Å². The second-order valence-electron chi connectivity index (χ2n) is 4.64. The number of carboxylic acids is 1. The lowest BCUT2D eigenvalue weighted by atomic mass is 10.2. The van der Waals surface area contributed by atoms with E-state index in [0.29, 0.717) is 6.54 Å². The number of aromatic carboxylic acids is 1. The Kier molecular flexibility index (Phi) is 7.77. The normalized spacial score (nSPS) is 11.5. The summed E-state index contributed by atoms with van der Waals surface area (Å²) in [7, 11) is -3.63. The fraction of sp³-hybridized carbons (Fsp3) is 0.500. The number of carbonyl (C=O) groups is 1. The van der Waals surface area contributed by atoms with E-state index in [2.05, 4.69) is 11.0 Å². The summed E-state index contributed by atoms with van der Waals surface area (Å²) in [5.41, 5.74) is -0.0325. The first kappa shape index (κ1) is 18.0. The van der Waals surface area contributed by atoms with Gasteiger partial charge in [-0.1, -0.05) is 18.9 Å². The molecule has 0 aliphatic heterocycles.